The maximum atomic E-state index is 11.8. The largest absolute Gasteiger partial charge is 0.478 e. The summed E-state index contributed by atoms with van der Waals surface area (Å²) in [5, 5.41) is 13.6. The summed E-state index contributed by atoms with van der Waals surface area (Å²) in [5.41, 5.74) is 3.58. The molecule has 0 saturated carbocycles. The molecule has 3 aromatic rings. The molecular weight excluding hydrogens is 340 g/mol. The van der Waals surface area contributed by atoms with Crippen molar-refractivity contribution in [2.45, 2.75) is 26.9 Å². The number of hydrogen-bond acceptors (Lipinski definition) is 3. The molecule has 130 valence electrons. The number of furan rings is 1. The lowest BCUT2D eigenvalue weighted by atomic mass is 10.1. The van der Waals surface area contributed by atoms with E-state index in [0.717, 1.165) is 22.7 Å². The van der Waals surface area contributed by atoms with Crippen LogP contribution in [0.25, 0.3) is 5.69 Å². The maximum absolute atomic E-state index is 11.8. The molecule has 2 heterocycles. The summed E-state index contributed by atoms with van der Waals surface area (Å²) in [5.74, 6) is -0.119. The molecule has 0 aliphatic rings. The Morgan fingerprint density at radius 1 is 1.16 bits per heavy atom. The molecule has 2 aromatic heterocycles. The molecule has 0 saturated heterocycles. The Labute approximate surface area is 150 Å². The number of halogens is 1. The number of nitrogens with zero attached hydrogens (tertiary/aromatic N) is 1. The normalized spacial score (nSPS) is 11.0. The minimum absolute atomic E-state index is 0.333. The average molecular weight is 359 g/mol. The highest BCUT2D eigenvalue weighted by Gasteiger charge is 2.23. The average Bonchev–Trinajstić information content (AvgIpc) is 3.16. The molecule has 25 heavy (non-hydrogen) atoms. The molecule has 0 radical (unpaired) electrons. The Kier molecular flexibility index (Phi) is 4.97. The predicted octanol–water partition coefficient (Wildman–Crippen LogP) is 4.33. The van der Waals surface area contributed by atoms with Crippen LogP contribution in [0.1, 0.15) is 33.1 Å². The van der Waals surface area contributed by atoms with Gasteiger partial charge in [0, 0.05) is 34.2 Å². The van der Waals surface area contributed by atoms with Crippen molar-refractivity contribution >= 4 is 17.6 Å². The Balaban J connectivity index is 1.95. The second-order valence-electron chi connectivity index (χ2n) is 5.82. The van der Waals surface area contributed by atoms with Crippen molar-refractivity contribution in [3.8, 4) is 5.69 Å². The molecule has 2 N–H and O–H groups in total. The highest BCUT2D eigenvalue weighted by molar-refractivity contribution is 6.30. The number of benzene rings is 1. The molecule has 1 aromatic carbocycles. The van der Waals surface area contributed by atoms with Crippen molar-refractivity contribution in [2.24, 2.45) is 0 Å². The monoisotopic (exact) mass is 358 g/mol. The van der Waals surface area contributed by atoms with Gasteiger partial charge in [0.25, 0.3) is 0 Å². The minimum Gasteiger partial charge on any atom is -0.478 e. The van der Waals surface area contributed by atoms with Gasteiger partial charge in [-0.1, -0.05) is 11.6 Å². The van der Waals surface area contributed by atoms with Crippen LogP contribution in [0.15, 0.2) is 47.1 Å². The molecule has 0 aliphatic heterocycles. The van der Waals surface area contributed by atoms with Crippen molar-refractivity contribution in [3.05, 3.63) is 76.0 Å². The summed E-state index contributed by atoms with van der Waals surface area (Å²) in [7, 11) is 0. The van der Waals surface area contributed by atoms with Gasteiger partial charge in [-0.05, 0) is 50.2 Å². The fourth-order valence-corrected chi connectivity index (χ4v) is 3.23. The second-order valence-corrected chi connectivity index (χ2v) is 6.26. The Morgan fingerprint density at radius 2 is 1.88 bits per heavy atom. The van der Waals surface area contributed by atoms with Crippen LogP contribution in [0.4, 0.5) is 0 Å². The van der Waals surface area contributed by atoms with E-state index in [1.54, 1.807) is 18.4 Å². The van der Waals surface area contributed by atoms with Gasteiger partial charge in [-0.2, -0.15) is 0 Å². The van der Waals surface area contributed by atoms with Gasteiger partial charge in [-0.25, -0.2) is 4.79 Å². The van der Waals surface area contributed by atoms with Crippen molar-refractivity contribution in [2.75, 3.05) is 0 Å². The molecule has 6 heteroatoms. The minimum atomic E-state index is -0.928. The van der Waals surface area contributed by atoms with Gasteiger partial charge in [0.1, 0.15) is 5.76 Å². The highest BCUT2D eigenvalue weighted by Crippen LogP contribution is 2.27. The topological polar surface area (TPSA) is 67.4 Å². The van der Waals surface area contributed by atoms with E-state index in [1.165, 1.54) is 0 Å². The second kappa shape index (κ2) is 7.17. The van der Waals surface area contributed by atoms with Gasteiger partial charge in [0.15, 0.2) is 0 Å². The first-order valence-electron chi connectivity index (χ1n) is 7.92. The van der Waals surface area contributed by atoms with Crippen LogP contribution >= 0.6 is 11.6 Å². The smallest absolute Gasteiger partial charge is 0.337 e. The van der Waals surface area contributed by atoms with Gasteiger partial charge in [-0.15, -0.1) is 0 Å². The first kappa shape index (κ1) is 17.3. The van der Waals surface area contributed by atoms with E-state index in [-0.39, 0.29) is 0 Å². The number of aromatic carboxylic acids is 1. The molecule has 0 atom stereocenters. The number of rotatable bonds is 6. The molecule has 0 unspecified atom stereocenters. The Morgan fingerprint density at radius 3 is 2.48 bits per heavy atom. The molecule has 3 rings (SSSR count). The SMILES string of the molecule is Cc1c(CNCc2ccco2)c(C(=O)O)c(C)n1-c1ccc(Cl)cc1. The molecule has 0 fully saturated rings. The van der Waals surface area contributed by atoms with Gasteiger partial charge in [-0.3, -0.25) is 0 Å². The lowest BCUT2D eigenvalue weighted by Crippen LogP contribution is -2.15. The van der Waals surface area contributed by atoms with Crippen LogP contribution < -0.4 is 5.32 Å². The number of aromatic nitrogens is 1. The maximum Gasteiger partial charge on any atom is 0.337 e. The first-order valence-corrected chi connectivity index (χ1v) is 8.30. The van der Waals surface area contributed by atoms with Crippen molar-refractivity contribution < 1.29 is 14.3 Å². The van der Waals surface area contributed by atoms with Crippen LogP contribution in [0.3, 0.4) is 0 Å². The zero-order valence-electron chi connectivity index (χ0n) is 14.0. The van der Waals surface area contributed by atoms with Crippen LogP contribution in [-0.4, -0.2) is 15.6 Å². The van der Waals surface area contributed by atoms with Gasteiger partial charge >= 0.3 is 5.97 Å². The number of nitrogens with one attached hydrogen (secondary N) is 1. The molecular formula is C19H19ClN2O3. The predicted molar refractivity (Wildman–Crippen MR) is 96.5 cm³/mol. The zero-order valence-corrected chi connectivity index (χ0v) is 14.8. The van der Waals surface area contributed by atoms with Gasteiger partial charge in [0.2, 0.25) is 0 Å². The van der Waals surface area contributed by atoms with Crippen LogP contribution in [0.5, 0.6) is 0 Å². The lowest BCUT2D eigenvalue weighted by molar-refractivity contribution is 0.0695. The van der Waals surface area contributed by atoms with E-state index in [0.29, 0.717) is 29.4 Å². The van der Waals surface area contributed by atoms with Crippen molar-refractivity contribution in [1.82, 2.24) is 9.88 Å². The number of carbonyl (C=O) groups is 1. The molecule has 0 bridgehead atoms. The zero-order chi connectivity index (χ0) is 18.0. The summed E-state index contributed by atoms with van der Waals surface area (Å²) in [4.78, 5) is 11.8. The lowest BCUT2D eigenvalue weighted by Gasteiger charge is -2.10. The van der Waals surface area contributed by atoms with E-state index in [2.05, 4.69) is 5.32 Å². The molecule has 0 aliphatic carbocycles. The van der Waals surface area contributed by atoms with Crippen LogP contribution in [0.2, 0.25) is 5.02 Å². The van der Waals surface area contributed by atoms with E-state index in [1.807, 2.05) is 42.7 Å². The Hall–Kier alpha value is -2.50. The third-order valence-corrected chi connectivity index (χ3v) is 4.50. The fraction of sp³-hybridized carbons (Fsp3) is 0.211. The summed E-state index contributed by atoms with van der Waals surface area (Å²) in [6.45, 7) is 4.73. The highest BCUT2D eigenvalue weighted by atomic mass is 35.5. The fourth-order valence-electron chi connectivity index (χ4n) is 3.10. The van der Waals surface area contributed by atoms with Gasteiger partial charge in [0.05, 0.1) is 18.4 Å². The van der Waals surface area contributed by atoms with E-state index in [9.17, 15) is 9.90 Å². The first-order chi connectivity index (χ1) is 12.0. The van der Waals surface area contributed by atoms with Crippen molar-refractivity contribution in [1.29, 1.82) is 0 Å². The summed E-state index contributed by atoms with van der Waals surface area (Å²) in [6.07, 6.45) is 1.62. The third kappa shape index (κ3) is 3.48. The number of carboxylic acids is 1. The van der Waals surface area contributed by atoms with E-state index in [4.69, 9.17) is 16.0 Å². The van der Waals surface area contributed by atoms with E-state index < -0.39 is 5.97 Å². The van der Waals surface area contributed by atoms with Crippen LogP contribution in [-0.2, 0) is 13.1 Å². The Bertz CT molecular complexity index is 881. The summed E-state index contributed by atoms with van der Waals surface area (Å²) < 4.78 is 7.24. The van der Waals surface area contributed by atoms with Crippen LogP contribution in [0, 0.1) is 13.8 Å². The third-order valence-electron chi connectivity index (χ3n) is 4.25. The standard InChI is InChI=1S/C19H19ClN2O3/c1-12-17(11-21-10-16-4-3-9-25-16)18(19(23)24)13(2)22(12)15-7-5-14(20)6-8-15/h3-9,21H,10-11H2,1-2H3,(H,23,24). The summed E-state index contributed by atoms with van der Waals surface area (Å²) in [6, 6.07) is 11.1. The molecule has 0 spiro atoms. The quantitative estimate of drug-likeness (QED) is 0.688. The van der Waals surface area contributed by atoms with E-state index >= 15 is 0 Å². The number of hydrogen-bond donors (Lipinski definition) is 2. The molecule has 0 amide bonds. The summed E-state index contributed by atoms with van der Waals surface area (Å²) >= 11 is 5.96. The number of carboxylic acid groups (broad SMARTS) is 1. The molecule has 5 nitrogen and oxygen atoms in total. The van der Waals surface area contributed by atoms with Gasteiger partial charge < -0.3 is 19.4 Å². The van der Waals surface area contributed by atoms with Crippen molar-refractivity contribution in [3.63, 3.8) is 0 Å².